The zero-order valence-electron chi connectivity index (χ0n) is 18.3. The number of halogens is 1. The van der Waals surface area contributed by atoms with Crippen LogP contribution in [0.1, 0.15) is 19.4 Å². The normalized spacial score (nSPS) is 16.0. The van der Waals surface area contributed by atoms with Crippen LogP contribution in [0.2, 0.25) is 0 Å². The maximum absolute atomic E-state index is 13.5. The lowest BCUT2D eigenvalue weighted by molar-refractivity contribution is -0.113. The molecule has 0 aliphatic carbocycles. The van der Waals surface area contributed by atoms with Crippen molar-refractivity contribution in [3.63, 3.8) is 0 Å². The lowest BCUT2D eigenvalue weighted by Crippen LogP contribution is -2.28. The molecule has 1 amide bonds. The van der Waals surface area contributed by atoms with Gasteiger partial charge in [0, 0.05) is 0 Å². The number of hydrogen-bond acceptors (Lipinski definition) is 5. The van der Waals surface area contributed by atoms with Crippen molar-refractivity contribution in [2.75, 3.05) is 18.1 Å². The van der Waals surface area contributed by atoms with E-state index in [0.717, 1.165) is 26.3 Å². The fourth-order valence-electron chi connectivity index (χ4n) is 3.34. The number of aliphatic imine (C=N–C) groups is 1. The number of thioether (sulfide) groups is 1. The summed E-state index contributed by atoms with van der Waals surface area (Å²) in [7, 11) is 0. The quantitative estimate of drug-likeness (QED) is 0.229. The average molecular weight is 570 g/mol. The molecule has 1 fully saturated rings. The molecule has 5 nitrogen and oxygen atoms in total. The first-order valence-corrected chi connectivity index (χ1v) is 12.5. The van der Waals surface area contributed by atoms with Gasteiger partial charge in [0.05, 0.1) is 33.1 Å². The van der Waals surface area contributed by atoms with Crippen molar-refractivity contribution in [3.05, 3.63) is 86.8 Å². The number of nitrogens with zero attached hydrogens (tertiary/aromatic N) is 2. The fourth-order valence-corrected chi connectivity index (χ4v) is 5.12. The first kappa shape index (κ1) is 23.4. The molecular formula is C26H23IN2O3S. The monoisotopic (exact) mass is 570 g/mol. The third-order valence-electron chi connectivity index (χ3n) is 4.72. The van der Waals surface area contributed by atoms with Crippen molar-refractivity contribution in [2.45, 2.75) is 13.8 Å². The molecular weight excluding hydrogens is 547 g/mol. The number of para-hydroxylation sites is 2. The lowest BCUT2D eigenvalue weighted by Gasteiger charge is -2.15. The van der Waals surface area contributed by atoms with E-state index >= 15 is 0 Å². The van der Waals surface area contributed by atoms with E-state index < -0.39 is 0 Å². The van der Waals surface area contributed by atoms with Gasteiger partial charge in [-0.15, -0.1) is 0 Å². The van der Waals surface area contributed by atoms with Gasteiger partial charge in [0.25, 0.3) is 5.91 Å². The molecule has 33 heavy (non-hydrogen) atoms. The highest BCUT2D eigenvalue weighted by atomic mass is 127. The van der Waals surface area contributed by atoms with Crippen molar-refractivity contribution >= 4 is 62.9 Å². The third-order valence-corrected chi connectivity index (χ3v) is 6.49. The van der Waals surface area contributed by atoms with Crippen molar-refractivity contribution in [1.29, 1.82) is 0 Å². The summed E-state index contributed by atoms with van der Waals surface area (Å²) in [6.45, 7) is 4.96. The second-order valence-electron chi connectivity index (χ2n) is 7.01. The summed E-state index contributed by atoms with van der Waals surface area (Å²) in [6.07, 6.45) is 1.89. The van der Waals surface area contributed by atoms with E-state index in [1.807, 2.05) is 92.7 Å². The van der Waals surface area contributed by atoms with E-state index in [1.165, 1.54) is 11.8 Å². The smallest absolute Gasteiger partial charge is 0.271 e. The number of hydrogen-bond donors (Lipinski definition) is 0. The summed E-state index contributed by atoms with van der Waals surface area (Å²) in [5.74, 6) is 1.29. The summed E-state index contributed by atoms with van der Waals surface area (Å²) in [5, 5.41) is 0.620. The number of rotatable bonds is 7. The number of amides is 1. The van der Waals surface area contributed by atoms with E-state index in [9.17, 15) is 4.79 Å². The average Bonchev–Trinajstić information content (AvgIpc) is 3.12. The minimum Gasteiger partial charge on any atom is -0.490 e. The summed E-state index contributed by atoms with van der Waals surface area (Å²) in [5.41, 5.74) is 2.45. The van der Waals surface area contributed by atoms with Crippen LogP contribution in [0.5, 0.6) is 11.5 Å². The van der Waals surface area contributed by atoms with Gasteiger partial charge in [-0.3, -0.25) is 9.69 Å². The molecule has 1 saturated heterocycles. The van der Waals surface area contributed by atoms with Crippen LogP contribution in [0.4, 0.5) is 11.4 Å². The van der Waals surface area contributed by atoms with Crippen LogP contribution in [-0.4, -0.2) is 24.3 Å². The van der Waals surface area contributed by atoms with Crippen LogP contribution < -0.4 is 14.4 Å². The highest BCUT2D eigenvalue weighted by molar-refractivity contribution is 14.1. The van der Waals surface area contributed by atoms with Crippen LogP contribution in [0.15, 0.2) is 82.7 Å². The van der Waals surface area contributed by atoms with E-state index in [-0.39, 0.29) is 5.91 Å². The first-order chi connectivity index (χ1) is 16.1. The topological polar surface area (TPSA) is 51.1 Å². The number of carbonyl (C=O) groups is 1. The van der Waals surface area contributed by atoms with Gasteiger partial charge in [-0.05, 0) is 96.2 Å². The number of anilines is 1. The Balaban J connectivity index is 1.75. The van der Waals surface area contributed by atoms with E-state index in [4.69, 9.17) is 14.5 Å². The summed E-state index contributed by atoms with van der Waals surface area (Å²) in [4.78, 5) is 20.5. The molecule has 1 aliphatic heterocycles. The molecule has 168 valence electrons. The van der Waals surface area contributed by atoms with Gasteiger partial charge in [-0.2, -0.15) is 0 Å². The molecule has 0 aromatic heterocycles. The largest absolute Gasteiger partial charge is 0.490 e. The van der Waals surface area contributed by atoms with E-state index in [0.29, 0.717) is 29.0 Å². The molecule has 7 heteroatoms. The molecule has 0 saturated carbocycles. The molecule has 0 radical (unpaired) electrons. The summed E-state index contributed by atoms with van der Waals surface area (Å²) in [6, 6.07) is 23.1. The molecule has 4 rings (SSSR count). The number of amidine groups is 1. The molecule has 0 unspecified atom stereocenters. The van der Waals surface area contributed by atoms with E-state index in [2.05, 4.69) is 22.6 Å². The Bertz CT molecular complexity index is 1200. The Labute approximate surface area is 211 Å². The van der Waals surface area contributed by atoms with Crippen LogP contribution in [0, 0.1) is 3.57 Å². The second-order valence-corrected chi connectivity index (χ2v) is 9.18. The highest BCUT2D eigenvalue weighted by Crippen LogP contribution is 2.39. The number of benzene rings is 3. The minimum absolute atomic E-state index is 0.109. The SMILES string of the molecule is CCOc1cc(/C=C2\SC(=Nc3ccccc3)N(c3ccccc3)C2=O)cc(I)c1OCC. The van der Waals surface area contributed by atoms with Gasteiger partial charge < -0.3 is 9.47 Å². The Kier molecular flexibility index (Phi) is 7.72. The lowest BCUT2D eigenvalue weighted by atomic mass is 10.1. The third kappa shape index (κ3) is 5.42. The Hall–Kier alpha value is -2.78. The van der Waals surface area contributed by atoms with Gasteiger partial charge in [-0.25, -0.2) is 4.99 Å². The molecule has 3 aromatic rings. The molecule has 0 bridgehead atoms. The van der Waals surface area contributed by atoms with Gasteiger partial charge in [0.2, 0.25) is 0 Å². The maximum Gasteiger partial charge on any atom is 0.271 e. The predicted molar refractivity (Wildman–Crippen MR) is 145 cm³/mol. The van der Waals surface area contributed by atoms with Gasteiger partial charge in [-0.1, -0.05) is 36.4 Å². The van der Waals surface area contributed by atoms with Crippen LogP contribution in [0.3, 0.4) is 0 Å². The van der Waals surface area contributed by atoms with Gasteiger partial charge in [0.15, 0.2) is 16.7 Å². The maximum atomic E-state index is 13.5. The van der Waals surface area contributed by atoms with Crippen LogP contribution >= 0.6 is 34.4 Å². The zero-order chi connectivity index (χ0) is 23.2. The summed E-state index contributed by atoms with van der Waals surface area (Å²) < 4.78 is 12.5. The van der Waals surface area contributed by atoms with Gasteiger partial charge >= 0.3 is 0 Å². The van der Waals surface area contributed by atoms with Crippen molar-refractivity contribution in [3.8, 4) is 11.5 Å². The Morgan fingerprint density at radius 3 is 2.30 bits per heavy atom. The Morgan fingerprint density at radius 1 is 0.970 bits per heavy atom. The fraction of sp³-hybridized carbons (Fsp3) is 0.154. The standard InChI is InChI=1S/C26H23IN2O3S/c1-3-31-22-16-18(15-21(27)24(22)32-4-2)17-23-25(30)29(20-13-9-6-10-14-20)26(33-23)28-19-11-7-5-8-12-19/h5-17H,3-4H2,1-2H3/b23-17-,28-26?. The molecule has 1 heterocycles. The molecule has 1 aliphatic rings. The predicted octanol–water partition coefficient (Wildman–Crippen LogP) is 6.90. The molecule has 0 atom stereocenters. The van der Waals surface area contributed by atoms with Crippen molar-refractivity contribution in [1.82, 2.24) is 0 Å². The first-order valence-electron chi connectivity index (χ1n) is 10.6. The highest BCUT2D eigenvalue weighted by Gasteiger charge is 2.34. The number of ether oxygens (including phenoxy) is 2. The molecule has 3 aromatic carbocycles. The second kappa shape index (κ2) is 10.9. The van der Waals surface area contributed by atoms with Crippen LogP contribution in [-0.2, 0) is 4.79 Å². The minimum atomic E-state index is -0.109. The Morgan fingerprint density at radius 2 is 1.64 bits per heavy atom. The van der Waals surface area contributed by atoms with Crippen molar-refractivity contribution in [2.24, 2.45) is 4.99 Å². The van der Waals surface area contributed by atoms with Gasteiger partial charge in [0.1, 0.15) is 0 Å². The number of carbonyl (C=O) groups excluding carboxylic acids is 1. The van der Waals surface area contributed by atoms with Crippen molar-refractivity contribution < 1.29 is 14.3 Å². The molecule has 0 spiro atoms. The summed E-state index contributed by atoms with van der Waals surface area (Å²) >= 11 is 3.60. The van der Waals surface area contributed by atoms with E-state index in [1.54, 1.807) is 4.90 Å². The van der Waals surface area contributed by atoms with Crippen LogP contribution in [0.25, 0.3) is 6.08 Å². The zero-order valence-corrected chi connectivity index (χ0v) is 21.3. The molecule has 0 N–H and O–H groups in total.